The molecule has 2 heterocycles. The predicted molar refractivity (Wildman–Crippen MR) is 48.8 cm³/mol. The summed E-state index contributed by atoms with van der Waals surface area (Å²) in [5.41, 5.74) is 1.05. The number of nitrogens with zero attached hydrogens (tertiary/aromatic N) is 2. The van der Waals surface area contributed by atoms with Gasteiger partial charge in [0.05, 0.1) is 35.1 Å². The molecule has 0 saturated heterocycles. The number of ether oxygens (including phenoxy) is 1. The van der Waals surface area contributed by atoms with Crippen molar-refractivity contribution < 1.29 is 4.74 Å². The molecule has 0 aromatic carbocycles. The summed E-state index contributed by atoms with van der Waals surface area (Å²) in [4.78, 5) is 0. The first-order valence-electron chi connectivity index (χ1n) is 3.93. The van der Waals surface area contributed by atoms with Crippen LogP contribution in [0, 0.1) is 0 Å². The largest absolute Gasteiger partial charge is 0.367 e. The first kappa shape index (κ1) is 8.26. The number of rotatable bonds is 0. The topological polar surface area (TPSA) is 27.1 Å². The zero-order valence-electron chi connectivity index (χ0n) is 7.17. The molecule has 1 aliphatic rings. The molecule has 0 spiro atoms. The van der Waals surface area contributed by atoms with E-state index in [9.17, 15) is 0 Å². The Kier molecular flexibility index (Phi) is 1.77. The van der Waals surface area contributed by atoms with E-state index in [1.54, 1.807) is 0 Å². The highest BCUT2D eigenvalue weighted by Gasteiger charge is 2.27. The molecule has 4 heteroatoms. The van der Waals surface area contributed by atoms with Crippen molar-refractivity contribution >= 4 is 15.9 Å². The summed E-state index contributed by atoms with van der Waals surface area (Å²) in [5.74, 6) is 0. The van der Waals surface area contributed by atoms with E-state index >= 15 is 0 Å². The van der Waals surface area contributed by atoms with E-state index in [2.05, 4.69) is 34.9 Å². The van der Waals surface area contributed by atoms with E-state index in [0.717, 1.165) is 16.7 Å². The second kappa shape index (κ2) is 2.57. The van der Waals surface area contributed by atoms with Crippen LogP contribution < -0.4 is 0 Å². The zero-order chi connectivity index (χ0) is 8.77. The number of halogens is 1. The lowest BCUT2D eigenvalue weighted by Crippen LogP contribution is -2.36. The van der Waals surface area contributed by atoms with Crippen molar-refractivity contribution in [3.63, 3.8) is 0 Å². The van der Waals surface area contributed by atoms with Gasteiger partial charge < -0.3 is 4.74 Å². The fourth-order valence-electron chi connectivity index (χ4n) is 1.34. The van der Waals surface area contributed by atoms with Gasteiger partial charge >= 0.3 is 0 Å². The summed E-state index contributed by atoms with van der Waals surface area (Å²) in [6.45, 7) is 5.62. The van der Waals surface area contributed by atoms with Crippen molar-refractivity contribution in [1.82, 2.24) is 9.78 Å². The van der Waals surface area contributed by atoms with E-state index in [1.165, 1.54) is 0 Å². The van der Waals surface area contributed by atoms with Crippen LogP contribution in [0.1, 0.15) is 19.5 Å². The fourth-order valence-corrected chi connectivity index (χ4v) is 1.75. The molecule has 0 unspecified atom stereocenters. The molecule has 0 radical (unpaired) electrons. The van der Waals surface area contributed by atoms with Crippen LogP contribution in [0.25, 0.3) is 0 Å². The fraction of sp³-hybridized carbons (Fsp3) is 0.625. The third-order valence-corrected chi connectivity index (χ3v) is 2.69. The molecule has 1 aromatic heterocycles. The molecular weight excluding hydrogens is 220 g/mol. The maximum atomic E-state index is 5.64. The third kappa shape index (κ3) is 1.29. The maximum Gasteiger partial charge on any atom is 0.0904 e. The van der Waals surface area contributed by atoms with E-state index in [0.29, 0.717) is 6.61 Å². The average Bonchev–Trinajstić information content (AvgIpc) is 2.30. The molecule has 0 fully saturated rings. The highest BCUT2D eigenvalue weighted by Crippen LogP contribution is 2.26. The Bertz CT molecular complexity index is 306. The van der Waals surface area contributed by atoms with Gasteiger partial charge in [-0.3, -0.25) is 4.68 Å². The van der Waals surface area contributed by atoms with Gasteiger partial charge in [-0.05, 0) is 29.8 Å². The lowest BCUT2D eigenvalue weighted by molar-refractivity contribution is -0.0663. The van der Waals surface area contributed by atoms with Gasteiger partial charge in [-0.2, -0.15) is 5.10 Å². The molecule has 0 aliphatic carbocycles. The quantitative estimate of drug-likeness (QED) is 0.682. The van der Waals surface area contributed by atoms with Gasteiger partial charge in [-0.15, -0.1) is 0 Å². The van der Waals surface area contributed by atoms with Crippen molar-refractivity contribution in [2.45, 2.75) is 32.6 Å². The van der Waals surface area contributed by atoms with Crippen LogP contribution in [0.2, 0.25) is 0 Å². The Balaban J connectivity index is 2.37. The van der Waals surface area contributed by atoms with Gasteiger partial charge in [0.15, 0.2) is 0 Å². The minimum Gasteiger partial charge on any atom is -0.367 e. The zero-order valence-corrected chi connectivity index (χ0v) is 8.76. The lowest BCUT2D eigenvalue weighted by atomic mass is 10.1. The van der Waals surface area contributed by atoms with Crippen LogP contribution in [0.4, 0.5) is 0 Å². The van der Waals surface area contributed by atoms with Crippen molar-refractivity contribution in [2.75, 3.05) is 0 Å². The van der Waals surface area contributed by atoms with Crippen LogP contribution in [-0.2, 0) is 17.9 Å². The molecule has 0 atom stereocenters. The summed E-state index contributed by atoms with van der Waals surface area (Å²) >= 11 is 3.43. The SMILES string of the molecule is CC1(C)Cn2ncc(Br)c2CO1. The minimum absolute atomic E-state index is 0.0849. The van der Waals surface area contributed by atoms with E-state index in [4.69, 9.17) is 4.74 Å². The smallest absolute Gasteiger partial charge is 0.0904 e. The highest BCUT2D eigenvalue weighted by molar-refractivity contribution is 9.10. The van der Waals surface area contributed by atoms with Gasteiger partial charge in [0, 0.05) is 0 Å². The van der Waals surface area contributed by atoms with Crippen LogP contribution in [0.3, 0.4) is 0 Å². The number of hydrogen-bond acceptors (Lipinski definition) is 2. The van der Waals surface area contributed by atoms with Crippen molar-refractivity contribution in [2.24, 2.45) is 0 Å². The highest BCUT2D eigenvalue weighted by atomic mass is 79.9. The molecule has 66 valence electrons. The summed E-state index contributed by atoms with van der Waals surface area (Å²) in [7, 11) is 0. The molecular formula is C8H11BrN2O. The monoisotopic (exact) mass is 230 g/mol. The lowest BCUT2D eigenvalue weighted by Gasteiger charge is -2.30. The second-order valence-electron chi connectivity index (χ2n) is 3.65. The summed E-state index contributed by atoms with van der Waals surface area (Å²) in [5, 5.41) is 4.24. The Morgan fingerprint density at radius 2 is 2.42 bits per heavy atom. The molecule has 3 nitrogen and oxygen atoms in total. The van der Waals surface area contributed by atoms with E-state index < -0.39 is 0 Å². The minimum atomic E-state index is -0.0849. The Morgan fingerprint density at radius 3 is 3.17 bits per heavy atom. The van der Waals surface area contributed by atoms with Crippen molar-refractivity contribution in [1.29, 1.82) is 0 Å². The van der Waals surface area contributed by atoms with Gasteiger partial charge in [0.1, 0.15) is 0 Å². The summed E-state index contributed by atoms with van der Waals surface area (Å²) < 4.78 is 8.67. The van der Waals surface area contributed by atoms with Gasteiger partial charge in [-0.25, -0.2) is 0 Å². The first-order valence-corrected chi connectivity index (χ1v) is 4.72. The molecule has 0 amide bonds. The molecule has 0 saturated carbocycles. The number of hydrogen-bond donors (Lipinski definition) is 0. The molecule has 12 heavy (non-hydrogen) atoms. The standard InChI is InChI=1S/C8H11BrN2O/c1-8(2)5-11-7(4-12-8)6(9)3-10-11/h3H,4-5H2,1-2H3. The normalized spacial score (nSPS) is 20.6. The molecule has 1 aliphatic heterocycles. The second-order valence-corrected chi connectivity index (χ2v) is 4.50. The Morgan fingerprint density at radius 1 is 1.67 bits per heavy atom. The van der Waals surface area contributed by atoms with Gasteiger partial charge in [-0.1, -0.05) is 0 Å². The van der Waals surface area contributed by atoms with E-state index in [1.807, 2.05) is 10.9 Å². The molecule has 0 N–H and O–H groups in total. The first-order chi connectivity index (χ1) is 5.58. The molecule has 2 rings (SSSR count). The Labute approximate surface area is 79.8 Å². The summed E-state index contributed by atoms with van der Waals surface area (Å²) in [6.07, 6.45) is 1.82. The number of aromatic nitrogens is 2. The summed E-state index contributed by atoms with van der Waals surface area (Å²) in [6, 6.07) is 0. The third-order valence-electron chi connectivity index (χ3n) is 2.03. The Hall–Kier alpha value is -0.350. The van der Waals surface area contributed by atoms with Crippen LogP contribution >= 0.6 is 15.9 Å². The molecule has 1 aromatic rings. The maximum absolute atomic E-state index is 5.64. The number of fused-ring (bicyclic) bond motifs is 1. The van der Waals surface area contributed by atoms with Crippen LogP contribution in [0.15, 0.2) is 10.7 Å². The van der Waals surface area contributed by atoms with Gasteiger partial charge in [0.25, 0.3) is 0 Å². The van der Waals surface area contributed by atoms with E-state index in [-0.39, 0.29) is 5.60 Å². The van der Waals surface area contributed by atoms with Crippen molar-refractivity contribution in [3.8, 4) is 0 Å². The molecule has 0 bridgehead atoms. The average molecular weight is 231 g/mol. The van der Waals surface area contributed by atoms with Gasteiger partial charge in [0.2, 0.25) is 0 Å². The van der Waals surface area contributed by atoms with Crippen LogP contribution in [-0.4, -0.2) is 15.4 Å². The van der Waals surface area contributed by atoms with Crippen LogP contribution in [0.5, 0.6) is 0 Å². The predicted octanol–water partition coefficient (Wildman–Crippen LogP) is 1.95. The van der Waals surface area contributed by atoms with Crippen molar-refractivity contribution in [3.05, 3.63) is 16.4 Å².